The number of rotatable bonds is 3. The molecule has 0 aromatic heterocycles. The molecule has 1 N–H and O–H groups in total. The summed E-state index contributed by atoms with van der Waals surface area (Å²) in [5.41, 5.74) is 0. The van der Waals surface area contributed by atoms with Crippen LogP contribution in [0.2, 0.25) is 0 Å². The standard InChI is InChI=1S/C13H19NO4/c15-12(9-3-4-10(9)13(16)17)14-5-6-18-7-11(14)8-1-2-8/h8-11H,1-7H2,(H,16,17). The number of hydrogen-bond acceptors (Lipinski definition) is 3. The SMILES string of the molecule is O=C(O)C1CCC1C(=O)N1CCOCC1C1CC1. The summed E-state index contributed by atoms with van der Waals surface area (Å²) in [6.07, 6.45) is 3.71. The van der Waals surface area contributed by atoms with E-state index in [2.05, 4.69) is 0 Å². The zero-order valence-corrected chi connectivity index (χ0v) is 10.4. The van der Waals surface area contributed by atoms with E-state index in [1.807, 2.05) is 4.90 Å². The Kier molecular flexibility index (Phi) is 3.01. The normalized spacial score (nSPS) is 36.0. The van der Waals surface area contributed by atoms with Gasteiger partial charge in [-0.15, -0.1) is 0 Å². The zero-order chi connectivity index (χ0) is 12.7. The lowest BCUT2D eigenvalue weighted by molar-refractivity contribution is -0.161. The van der Waals surface area contributed by atoms with Crippen LogP contribution in [-0.2, 0) is 14.3 Å². The molecule has 3 aliphatic rings. The Hall–Kier alpha value is -1.10. The van der Waals surface area contributed by atoms with Crippen LogP contribution in [0.25, 0.3) is 0 Å². The van der Waals surface area contributed by atoms with Gasteiger partial charge in [-0.05, 0) is 31.6 Å². The lowest BCUT2D eigenvalue weighted by Crippen LogP contribution is -2.55. The smallest absolute Gasteiger partial charge is 0.307 e. The van der Waals surface area contributed by atoms with Crippen molar-refractivity contribution in [3.8, 4) is 0 Å². The van der Waals surface area contributed by atoms with Gasteiger partial charge in [-0.2, -0.15) is 0 Å². The fraction of sp³-hybridized carbons (Fsp3) is 0.846. The highest BCUT2D eigenvalue weighted by atomic mass is 16.5. The lowest BCUT2D eigenvalue weighted by Gasteiger charge is -2.42. The van der Waals surface area contributed by atoms with Crippen molar-refractivity contribution >= 4 is 11.9 Å². The summed E-state index contributed by atoms with van der Waals surface area (Å²) in [7, 11) is 0. The van der Waals surface area contributed by atoms with Gasteiger partial charge in [0, 0.05) is 6.54 Å². The molecule has 2 aliphatic carbocycles. The van der Waals surface area contributed by atoms with Gasteiger partial charge in [-0.1, -0.05) is 0 Å². The van der Waals surface area contributed by atoms with Crippen LogP contribution in [-0.4, -0.2) is 47.7 Å². The average molecular weight is 253 g/mol. The van der Waals surface area contributed by atoms with E-state index < -0.39 is 11.9 Å². The topological polar surface area (TPSA) is 66.8 Å². The summed E-state index contributed by atoms with van der Waals surface area (Å²) >= 11 is 0. The highest BCUT2D eigenvalue weighted by molar-refractivity contribution is 5.86. The number of nitrogens with zero attached hydrogens (tertiary/aromatic N) is 1. The van der Waals surface area contributed by atoms with Crippen LogP contribution in [0.1, 0.15) is 25.7 Å². The molecule has 5 heteroatoms. The first-order chi connectivity index (χ1) is 8.68. The number of carboxylic acid groups (broad SMARTS) is 1. The van der Waals surface area contributed by atoms with Crippen molar-refractivity contribution in [3.05, 3.63) is 0 Å². The number of hydrogen-bond donors (Lipinski definition) is 1. The maximum Gasteiger partial charge on any atom is 0.307 e. The predicted molar refractivity (Wildman–Crippen MR) is 62.9 cm³/mol. The fourth-order valence-corrected chi connectivity index (χ4v) is 3.07. The lowest BCUT2D eigenvalue weighted by atomic mass is 9.72. The Labute approximate surface area is 106 Å². The van der Waals surface area contributed by atoms with Crippen molar-refractivity contribution in [2.24, 2.45) is 17.8 Å². The van der Waals surface area contributed by atoms with E-state index in [1.165, 1.54) is 12.8 Å². The van der Waals surface area contributed by atoms with E-state index in [9.17, 15) is 9.59 Å². The van der Waals surface area contributed by atoms with E-state index in [-0.39, 0.29) is 17.9 Å². The molecule has 18 heavy (non-hydrogen) atoms. The van der Waals surface area contributed by atoms with E-state index >= 15 is 0 Å². The Bertz CT molecular complexity index is 366. The molecule has 2 saturated carbocycles. The minimum atomic E-state index is -0.823. The van der Waals surface area contributed by atoms with Crippen LogP contribution in [0, 0.1) is 17.8 Å². The molecule has 100 valence electrons. The molecule has 1 aliphatic heterocycles. The molecular weight excluding hydrogens is 234 g/mol. The summed E-state index contributed by atoms with van der Waals surface area (Å²) in [5, 5.41) is 9.04. The van der Waals surface area contributed by atoms with Gasteiger partial charge in [0.2, 0.25) is 5.91 Å². The van der Waals surface area contributed by atoms with Gasteiger partial charge in [0.05, 0.1) is 31.1 Å². The third-order valence-corrected chi connectivity index (χ3v) is 4.52. The number of ether oxygens (including phenoxy) is 1. The van der Waals surface area contributed by atoms with Crippen molar-refractivity contribution in [1.29, 1.82) is 0 Å². The minimum Gasteiger partial charge on any atom is -0.481 e. The molecule has 0 bridgehead atoms. The maximum absolute atomic E-state index is 12.4. The second kappa shape index (κ2) is 4.53. The molecule has 3 atom stereocenters. The molecule has 0 aromatic carbocycles. The molecule has 3 fully saturated rings. The van der Waals surface area contributed by atoms with Gasteiger partial charge in [-0.25, -0.2) is 0 Å². The number of amides is 1. The van der Waals surface area contributed by atoms with Crippen LogP contribution in [0.5, 0.6) is 0 Å². The Morgan fingerprint density at radius 1 is 1.11 bits per heavy atom. The van der Waals surface area contributed by atoms with Gasteiger partial charge in [-0.3, -0.25) is 9.59 Å². The number of carbonyl (C=O) groups is 2. The van der Waals surface area contributed by atoms with Crippen molar-refractivity contribution < 1.29 is 19.4 Å². The summed E-state index contributed by atoms with van der Waals surface area (Å²) in [6, 6.07) is 0.196. The zero-order valence-electron chi connectivity index (χ0n) is 10.4. The Balaban J connectivity index is 1.68. The largest absolute Gasteiger partial charge is 0.481 e. The highest BCUT2D eigenvalue weighted by Gasteiger charge is 2.47. The Morgan fingerprint density at radius 2 is 1.83 bits per heavy atom. The van der Waals surface area contributed by atoms with Gasteiger partial charge < -0.3 is 14.7 Å². The molecule has 1 heterocycles. The van der Waals surface area contributed by atoms with Crippen molar-refractivity contribution in [2.45, 2.75) is 31.7 Å². The monoisotopic (exact) mass is 253 g/mol. The summed E-state index contributed by atoms with van der Waals surface area (Å²) in [5.74, 6) is -0.940. The van der Waals surface area contributed by atoms with Crippen molar-refractivity contribution in [1.82, 2.24) is 4.90 Å². The van der Waals surface area contributed by atoms with Gasteiger partial charge in [0.1, 0.15) is 0 Å². The van der Waals surface area contributed by atoms with Crippen molar-refractivity contribution in [2.75, 3.05) is 19.8 Å². The van der Waals surface area contributed by atoms with Gasteiger partial charge in [0.25, 0.3) is 0 Å². The first-order valence-electron chi connectivity index (χ1n) is 6.79. The van der Waals surface area contributed by atoms with Crippen LogP contribution in [0.4, 0.5) is 0 Å². The molecule has 0 spiro atoms. The van der Waals surface area contributed by atoms with Gasteiger partial charge >= 0.3 is 5.97 Å². The number of carboxylic acids is 1. The third kappa shape index (κ3) is 2.00. The maximum atomic E-state index is 12.4. The first kappa shape index (κ1) is 12.0. The molecule has 3 rings (SSSR count). The Morgan fingerprint density at radius 3 is 2.39 bits per heavy atom. The second-order valence-electron chi connectivity index (χ2n) is 5.64. The fourth-order valence-electron chi connectivity index (χ4n) is 3.07. The molecule has 1 saturated heterocycles. The summed E-state index contributed by atoms with van der Waals surface area (Å²) in [4.78, 5) is 25.4. The molecule has 3 unspecified atom stereocenters. The number of morpholine rings is 1. The number of carbonyl (C=O) groups excluding carboxylic acids is 1. The van der Waals surface area contributed by atoms with Crippen LogP contribution in [0.3, 0.4) is 0 Å². The molecular formula is C13H19NO4. The van der Waals surface area contributed by atoms with Crippen molar-refractivity contribution in [3.63, 3.8) is 0 Å². The van der Waals surface area contributed by atoms with E-state index in [4.69, 9.17) is 9.84 Å². The van der Waals surface area contributed by atoms with Gasteiger partial charge in [0.15, 0.2) is 0 Å². The average Bonchev–Trinajstić information content (AvgIpc) is 3.10. The second-order valence-corrected chi connectivity index (χ2v) is 5.64. The van der Waals surface area contributed by atoms with Crippen LogP contribution >= 0.6 is 0 Å². The van der Waals surface area contributed by atoms with E-state index in [1.54, 1.807) is 0 Å². The first-order valence-corrected chi connectivity index (χ1v) is 6.79. The van der Waals surface area contributed by atoms with Crippen LogP contribution < -0.4 is 0 Å². The number of aliphatic carboxylic acids is 1. The quantitative estimate of drug-likeness (QED) is 0.805. The molecule has 0 aromatic rings. The third-order valence-electron chi connectivity index (χ3n) is 4.52. The highest BCUT2D eigenvalue weighted by Crippen LogP contribution is 2.40. The summed E-state index contributed by atoms with van der Waals surface area (Å²) in [6.45, 7) is 1.84. The van der Waals surface area contributed by atoms with E-state index in [0.29, 0.717) is 32.1 Å². The van der Waals surface area contributed by atoms with E-state index in [0.717, 1.165) is 6.42 Å². The van der Waals surface area contributed by atoms with Crippen LogP contribution in [0.15, 0.2) is 0 Å². The minimum absolute atomic E-state index is 0.0499. The molecule has 5 nitrogen and oxygen atoms in total. The molecule has 1 amide bonds. The molecule has 0 radical (unpaired) electrons. The summed E-state index contributed by atoms with van der Waals surface area (Å²) < 4.78 is 5.46. The predicted octanol–water partition coefficient (Wildman–Crippen LogP) is 0.735.